The van der Waals surface area contributed by atoms with Crippen LogP contribution in [0.3, 0.4) is 0 Å². The minimum Gasteiger partial charge on any atom is -0.480 e. The van der Waals surface area contributed by atoms with Crippen molar-refractivity contribution < 1.29 is 44.1 Å². The van der Waals surface area contributed by atoms with Crippen LogP contribution in [0.4, 0.5) is 0 Å². The molecule has 0 aromatic heterocycles. The van der Waals surface area contributed by atoms with Crippen molar-refractivity contribution in [3.05, 3.63) is 0 Å². The molecule has 0 spiro atoms. The van der Waals surface area contributed by atoms with E-state index in [9.17, 15) is 44.1 Å². The zero-order valence-electron chi connectivity index (χ0n) is 24.7. The molecule has 5 amide bonds. The van der Waals surface area contributed by atoms with E-state index in [0.717, 1.165) is 13.0 Å². The third-order valence-corrected chi connectivity index (χ3v) is 8.95. The Morgan fingerprint density at radius 2 is 1.16 bits per heavy atom. The summed E-state index contributed by atoms with van der Waals surface area (Å²) in [5, 5.41) is 37.7. The Morgan fingerprint density at radius 1 is 0.674 bits per heavy atom. The molecule has 0 bridgehead atoms. The number of nitrogens with one attached hydrogen (secondary N) is 3. The smallest absolute Gasteiger partial charge is 0.328 e. The van der Waals surface area contributed by atoms with Gasteiger partial charge in [-0.2, -0.15) is 0 Å². The molecule has 8 atom stereocenters. The van der Waals surface area contributed by atoms with E-state index < -0.39 is 72.0 Å². The van der Waals surface area contributed by atoms with Crippen LogP contribution in [0, 0.1) is 0 Å². The lowest BCUT2D eigenvalue weighted by Gasteiger charge is -2.34. The second-order valence-electron chi connectivity index (χ2n) is 12.0. The molecule has 8 unspecified atom stereocenters. The fraction of sp³-hybridized carbons (Fsp3) is 0.786. The lowest BCUT2D eigenvalue weighted by atomic mass is 10.1. The summed E-state index contributed by atoms with van der Waals surface area (Å²) in [5.74, 6) is -3.89. The van der Waals surface area contributed by atoms with Crippen molar-refractivity contribution in [2.45, 2.75) is 114 Å². The highest BCUT2D eigenvalue weighted by atomic mass is 16.4. The van der Waals surface area contributed by atoms with E-state index in [1.54, 1.807) is 0 Å². The summed E-state index contributed by atoms with van der Waals surface area (Å²) in [4.78, 5) is 82.4. The maximum Gasteiger partial charge on any atom is 0.328 e. The number of hydrogen-bond donors (Lipinski definition) is 6. The Kier molecular flexibility index (Phi) is 10.6. The number of rotatable bonds is 10. The van der Waals surface area contributed by atoms with Crippen molar-refractivity contribution in [3.8, 4) is 0 Å². The number of carbonyl (C=O) groups is 6. The number of hydrogen-bond acceptors (Lipinski definition) is 9. The molecule has 4 aliphatic rings. The van der Waals surface area contributed by atoms with Crippen LogP contribution in [0.15, 0.2) is 0 Å². The molecule has 43 heavy (non-hydrogen) atoms. The van der Waals surface area contributed by atoms with Crippen LogP contribution in [0.2, 0.25) is 0 Å². The number of carbonyl (C=O) groups excluding carboxylic acids is 5. The van der Waals surface area contributed by atoms with Crippen molar-refractivity contribution in [2.24, 2.45) is 0 Å². The van der Waals surface area contributed by atoms with E-state index in [-0.39, 0.29) is 25.0 Å². The molecule has 15 nitrogen and oxygen atoms in total. The molecule has 15 heteroatoms. The third-order valence-electron chi connectivity index (χ3n) is 8.95. The first kappa shape index (κ1) is 32.6. The molecule has 240 valence electrons. The molecule has 0 saturated carbocycles. The summed E-state index contributed by atoms with van der Waals surface area (Å²) in [6, 6.07) is -5.87. The van der Waals surface area contributed by atoms with E-state index in [1.807, 2.05) is 0 Å². The molecule has 0 aromatic carbocycles. The predicted molar refractivity (Wildman–Crippen MR) is 150 cm³/mol. The first-order valence-electron chi connectivity index (χ1n) is 15.3. The standard InChI is InChI=1S/C28H44N6O9/c1-15(35)21(30-23(37)18-8-4-12-32(18)25(39)17-7-3-11-29-17)27(41)34-14-6-10-20(34)26(40)33-13-5-9-19(33)24(38)31-22(16(2)36)28(42)43/h15-22,29,35-36H,3-14H2,1-2H3,(H,30,37)(H,31,38)(H,42,43). The summed E-state index contributed by atoms with van der Waals surface area (Å²) in [5.41, 5.74) is 0. The van der Waals surface area contributed by atoms with Crippen molar-refractivity contribution in [1.29, 1.82) is 0 Å². The van der Waals surface area contributed by atoms with Gasteiger partial charge in [-0.1, -0.05) is 0 Å². The minimum absolute atomic E-state index is 0.146. The van der Waals surface area contributed by atoms with Crippen LogP contribution in [0.25, 0.3) is 0 Å². The predicted octanol–water partition coefficient (Wildman–Crippen LogP) is -2.47. The monoisotopic (exact) mass is 608 g/mol. The summed E-state index contributed by atoms with van der Waals surface area (Å²) in [6.45, 7) is 4.23. The Balaban J connectivity index is 1.43. The molecule has 0 radical (unpaired) electrons. The van der Waals surface area contributed by atoms with Crippen LogP contribution < -0.4 is 16.0 Å². The van der Waals surface area contributed by atoms with Gasteiger partial charge in [0.2, 0.25) is 29.5 Å². The summed E-state index contributed by atoms with van der Waals surface area (Å²) < 4.78 is 0. The van der Waals surface area contributed by atoms with Gasteiger partial charge in [-0.05, 0) is 71.8 Å². The van der Waals surface area contributed by atoms with Crippen molar-refractivity contribution in [2.75, 3.05) is 26.2 Å². The van der Waals surface area contributed by atoms with E-state index >= 15 is 0 Å². The van der Waals surface area contributed by atoms with Gasteiger partial charge < -0.3 is 46.0 Å². The molecule has 0 aliphatic carbocycles. The van der Waals surface area contributed by atoms with Gasteiger partial charge in [0, 0.05) is 19.6 Å². The van der Waals surface area contributed by atoms with Crippen LogP contribution in [0.5, 0.6) is 0 Å². The molecule has 4 rings (SSSR count). The molecule has 6 N–H and O–H groups in total. The van der Waals surface area contributed by atoms with Gasteiger partial charge in [-0.15, -0.1) is 0 Å². The van der Waals surface area contributed by atoms with E-state index in [1.165, 1.54) is 28.5 Å². The Morgan fingerprint density at radius 3 is 1.65 bits per heavy atom. The molecular formula is C28H44N6O9. The number of carboxylic acid groups (broad SMARTS) is 1. The quantitative estimate of drug-likeness (QED) is 0.154. The number of nitrogens with zero attached hydrogens (tertiary/aromatic N) is 3. The Bertz CT molecular complexity index is 1090. The highest BCUT2D eigenvalue weighted by molar-refractivity contribution is 5.97. The van der Waals surface area contributed by atoms with Gasteiger partial charge in [0.1, 0.15) is 24.2 Å². The topological polar surface area (TPSA) is 209 Å². The van der Waals surface area contributed by atoms with E-state index in [0.29, 0.717) is 51.5 Å². The Hall–Kier alpha value is -3.30. The van der Waals surface area contributed by atoms with Gasteiger partial charge >= 0.3 is 5.97 Å². The SMILES string of the molecule is CC(O)C(NC(=O)C1CCCN1C(=O)C1CCCN1C(=O)C(NC(=O)C1CCCN1C(=O)C1CCCN1)C(C)O)C(=O)O. The van der Waals surface area contributed by atoms with Gasteiger partial charge in [0.15, 0.2) is 6.04 Å². The first-order valence-corrected chi connectivity index (χ1v) is 15.3. The zero-order valence-corrected chi connectivity index (χ0v) is 24.7. The van der Waals surface area contributed by atoms with Crippen molar-refractivity contribution in [1.82, 2.24) is 30.7 Å². The van der Waals surface area contributed by atoms with Crippen molar-refractivity contribution >= 4 is 35.5 Å². The fourth-order valence-electron chi connectivity index (χ4n) is 6.64. The number of likely N-dealkylation sites (tertiary alicyclic amines) is 3. The van der Waals surface area contributed by atoms with Crippen LogP contribution in [-0.2, 0) is 28.8 Å². The van der Waals surface area contributed by atoms with Gasteiger partial charge in [0.05, 0.1) is 18.2 Å². The van der Waals surface area contributed by atoms with Gasteiger partial charge in [-0.3, -0.25) is 24.0 Å². The number of aliphatic carboxylic acids is 1. The number of aliphatic hydroxyl groups excluding tert-OH is 2. The number of amides is 5. The van der Waals surface area contributed by atoms with E-state index in [4.69, 9.17) is 0 Å². The fourth-order valence-corrected chi connectivity index (χ4v) is 6.64. The summed E-state index contributed by atoms with van der Waals surface area (Å²) in [7, 11) is 0. The average Bonchev–Trinajstić information content (AvgIpc) is 3.79. The number of aliphatic hydroxyl groups is 2. The molecule has 4 fully saturated rings. The normalized spacial score (nSPS) is 28.3. The molecule has 0 aromatic rings. The Labute approximate surface area is 250 Å². The van der Waals surface area contributed by atoms with E-state index in [2.05, 4.69) is 16.0 Å². The van der Waals surface area contributed by atoms with Crippen LogP contribution >= 0.6 is 0 Å². The average molecular weight is 609 g/mol. The molecule has 4 saturated heterocycles. The largest absolute Gasteiger partial charge is 0.480 e. The second-order valence-corrected chi connectivity index (χ2v) is 12.0. The van der Waals surface area contributed by atoms with Gasteiger partial charge in [-0.25, -0.2) is 4.79 Å². The van der Waals surface area contributed by atoms with Crippen LogP contribution in [-0.4, -0.2) is 140 Å². The van der Waals surface area contributed by atoms with Gasteiger partial charge in [0.25, 0.3) is 0 Å². The molecule has 4 heterocycles. The van der Waals surface area contributed by atoms with Crippen molar-refractivity contribution in [3.63, 3.8) is 0 Å². The maximum atomic E-state index is 13.7. The highest BCUT2D eigenvalue weighted by Gasteiger charge is 2.46. The summed E-state index contributed by atoms with van der Waals surface area (Å²) in [6.07, 6.45) is 1.63. The lowest BCUT2D eigenvalue weighted by Crippen LogP contribution is -2.61. The zero-order chi connectivity index (χ0) is 31.4. The first-order chi connectivity index (χ1) is 20.4. The minimum atomic E-state index is -1.54. The molecule has 4 aliphatic heterocycles. The third kappa shape index (κ3) is 7.10. The molecular weight excluding hydrogens is 564 g/mol. The lowest BCUT2D eigenvalue weighted by molar-refractivity contribution is -0.150. The van der Waals surface area contributed by atoms with Crippen LogP contribution in [0.1, 0.15) is 65.2 Å². The maximum absolute atomic E-state index is 13.7. The highest BCUT2D eigenvalue weighted by Crippen LogP contribution is 2.27. The summed E-state index contributed by atoms with van der Waals surface area (Å²) >= 11 is 0. The second kappa shape index (κ2) is 14.0. The number of carboxylic acids is 1.